The highest BCUT2D eigenvalue weighted by Gasteiger charge is 2.45. The third-order valence-corrected chi connectivity index (χ3v) is 3.78. The molecule has 0 aliphatic carbocycles. The summed E-state index contributed by atoms with van der Waals surface area (Å²) >= 11 is 0. The number of ether oxygens (including phenoxy) is 3. The zero-order valence-corrected chi connectivity index (χ0v) is 12.4. The van der Waals surface area contributed by atoms with Crippen LogP contribution in [0.1, 0.15) is 13.3 Å². The molecule has 0 aromatic heterocycles. The van der Waals surface area contributed by atoms with Crippen LogP contribution in [-0.4, -0.2) is 75.1 Å². The van der Waals surface area contributed by atoms with Gasteiger partial charge in [0.15, 0.2) is 6.29 Å². The van der Waals surface area contributed by atoms with Gasteiger partial charge in [-0.05, 0) is 12.5 Å². The fourth-order valence-corrected chi connectivity index (χ4v) is 2.36. The molecule has 1 saturated heterocycles. The first-order valence-corrected chi connectivity index (χ1v) is 7.07. The maximum Gasteiger partial charge on any atom is 0.335 e. The minimum atomic E-state index is -1.56. The Morgan fingerprint density at radius 3 is 2.61 bits per heavy atom. The van der Waals surface area contributed by atoms with Crippen LogP contribution < -0.4 is 0 Å². The predicted octanol–water partition coefficient (Wildman–Crippen LogP) is -1.54. The molecule has 2 aliphatic rings. The summed E-state index contributed by atoms with van der Waals surface area (Å²) in [5, 5.41) is 47.4. The molecule has 9 nitrogen and oxygen atoms in total. The number of allylic oxidation sites excluding steroid dienone is 1. The summed E-state index contributed by atoms with van der Waals surface area (Å²) in [5.74, 6) is -1.12. The zero-order chi connectivity index (χ0) is 17.1. The smallest absolute Gasteiger partial charge is 0.335 e. The second kappa shape index (κ2) is 7.39. The van der Waals surface area contributed by atoms with Gasteiger partial charge in [-0.25, -0.2) is 4.79 Å². The van der Waals surface area contributed by atoms with Crippen molar-refractivity contribution in [2.75, 3.05) is 6.61 Å². The van der Waals surface area contributed by atoms with Crippen molar-refractivity contribution in [3.8, 4) is 0 Å². The van der Waals surface area contributed by atoms with E-state index in [0.29, 0.717) is 5.57 Å². The molecular weight excluding hydrogens is 312 g/mol. The van der Waals surface area contributed by atoms with Crippen molar-refractivity contribution >= 4 is 5.97 Å². The molecule has 23 heavy (non-hydrogen) atoms. The van der Waals surface area contributed by atoms with Crippen LogP contribution in [0.5, 0.6) is 0 Å². The van der Waals surface area contributed by atoms with E-state index in [4.69, 9.17) is 24.4 Å². The molecule has 6 atom stereocenters. The zero-order valence-electron chi connectivity index (χ0n) is 12.4. The van der Waals surface area contributed by atoms with Gasteiger partial charge in [0.25, 0.3) is 0 Å². The SMILES string of the molecule is CC=C1CC(C(=O)O)=COC1O[C@@H]1O[C@H](CO)[C@@H](O)[C@H](O)[C@H]1O. The van der Waals surface area contributed by atoms with Crippen molar-refractivity contribution in [2.24, 2.45) is 0 Å². The average Bonchev–Trinajstić information content (AvgIpc) is 2.55. The van der Waals surface area contributed by atoms with Crippen LogP contribution in [0, 0.1) is 0 Å². The van der Waals surface area contributed by atoms with Gasteiger partial charge in [0, 0.05) is 6.42 Å². The van der Waals surface area contributed by atoms with Crippen molar-refractivity contribution in [2.45, 2.75) is 50.3 Å². The topological polar surface area (TPSA) is 146 Å². The van der Waals surface area contributed by atoms with Crippen LogP contribution in [0.2, 0.25) is 0 Å². The van der Waals surface area contributed by atoms with E-state index >= 15 is 0 Å². The van der Waals surface area contributed by atoms with E-state index in [-0.39, 0.29) is 12.0 Å². The molecule has 2 rings (SSSR count). The van der Waals surface area contributed by atoms with Crippen molar-refractivity contribution in [3.05, 3.63) is 23.5 Å². The van der Waals surface area contributed by atoms with E-state index < -0.39 is 49.6 Å². The lowest BCUT2D eigenvalue weighted by atomic mass is 9.99. The quantitative estimate of drug-likeness (QED) is 0.387. The second-order valence-corrected chi connectivity index (χ2v) is 5.29. The molecule has 130 valence electrons. The Labute approximate surface area is 132 Å². The third kappa shape index (κ3) is 3.71. The number of rotatable bonds is 4. The van der Waals surface area contributed by atoms with Gasteiger partial charge in [0.05, 0.1) is 18.4 Å². The molecule has 0 saturated carbocycles. The van der Waals surface area contributed by atoms with Crippen LogP contribution in [-0.2, 0) is 19.0 Å². The van der Waals surface area contributed by atoms with Gasteiger partial charge < -0.3 is 39.7 Å². The summed E-state index contributed by atoms with van der Waals surface area (Å²) in [6, 6.07) is 0. The monoisotopic (exact) mass is 332 g/mol. The molecule has 2 heterocycles. The minimum absolute atomic E-state index is 0.0479. The van der Waals surface area contributed by atoms with Gasteiger partial charge in [0.2, 0.25) is 6.29 Å². The average molecular weight is 332 g/mol. The standard InChI is InChI=1S/C14H20O9/c1-2-6-3-7(12(19)20)5-21-13(6)23-14-11(18)10(17)9(16)8(4-15)22-14/h2,5,8-11,13-18H,3-4H2,1H3,(H,19,20)/t8-,9-,10+,11-,13?,14+/m1/s1. The van der Waals surface area contributed by atoms with Crippen molar-refractivity contribution < 1.29 is 44.5 Å². The number of aliphatic hydroxyl groups is 4. The van der Waals surface area contributed by atoms with Gasteiger partial charge >= 0.3 is 5.97 Å². The number of aliphatic hydroxyl groups excluding tert-OH is 4. The van der Waals surface area contributed by atoms with Crippen LogP contribution >= 0.6 is 0 Å². The number of carboxylic acid groups (broad SMARTS) is 1. The molecule has 0 aromatic rings. The Bertz CT molecular complexity index is 498. The summed E-state index contributed by atoms with van der Waals surface area (Å²) in [6.07, 6.45) is -5.31. The highest BCUT2D eigenvalue weighted by Crippen LogP contribution is 2.29. The molecule has 0 aromatic carbocycles. The highest BCUT2D eigenvalue weighted by molar-refractivity contribution is 5.87. The molecule has 9 heteroatoms. The van der Waals surface area contributed by atoms with E-state index in [1.54, 1.807) is 13.0 Å². The van der Waals surface area contributed by atoms with E-state index in [9.17, 15) is 20.1 Å². The fraction of sp³-hybridized carbons (Fsp3) is 0.643. The lowest BCUT2D eigenvalue weighted by Crippen LogP contribution is -2.59. The molecule has 0 amide bonds. The lowest BCUT2D eigenvalue weighted by Gasteiger charge is -2.41. The summed E-state index contributed by atoms with van der Waals surface area (Å²) in [6.45, 7) is 1.10. The first-order valence-electron chi connectivity index (χ1n) is 7.07. The van der Waals surface area contributed by atoms with Gasteiger partial charge in [-0.15, -0.1) is 0 Å². The van der Waals surface area contributed by atoms with Crippen LogP contribution in [0.25, 0.3) is 0 Å². The molecule has 2 aliphatic heterocycles. The molecule has 1 unspecified atom stereocenters. The number of hydrogen-bond donors (Lipinski definition) is 5. The van der Waals surface area contributed by atoms with Gasteiger partial charge in [-0.2, -0.15) is 0 Å². The maximum absolute atomic E-state index is 11.0. The van der Waals surface area contributed by atoms with Gasteiger partial charge in [-0.3, -0.25) is 0 Å². The highest BCUT2D eigenvalue weighted by atomic mass is 16.8. The molecule has 0 spiro atoms. The summed E-state index contributed by atoms with van der Waals surface area (Å²) in [7, 11) is 0. The molecule has 0 radical (unpaired) electrons. The maximum atomic E-state index is 11.0. The molecule has 0 bridgehead atoms. The molecule has 1 fully saturated rings. The first-order chi connectivity index (χ1) is 10.9. The number of aliphatic carboxylic acids is 1. The van der Waals surface area contributed by atoms with Crippen LogP contribution in [0.15, 0.2) is 23.5 Å². The lowest BCUT2D eigenvalue weighted by molar-refractivity contribution is -0.327. The fourth-order valence-electron chi connectivity index (χ4n) is 2.36. The van der Waals surface area contributed by atoms with Crippen LogP contribution in [0.4, 0.5) is 0 Å². The van der Waals surface area contributed by atoms with Crippen LogP contribution in [0.3, 0.4) is 0 Å². The number of carboxylic acids is 1. The van der Waals surface area contributed by atoms with Gasteiger partial charge in [0.1, 0.15) is 24.4 Å². The number of carbonyl (C=O) groups is 1. The van der Waals surface area contributed by atoms with E-state index in [0.717, 1.165) is 6.26 Å². The Morgan fingerprint density at radius 2 is 2.04 bits per heavy atom. The van der Waals surface area contributed by atoms with E-state index in [1.165, 1.54) is 0 Å². The Kier molecular flexibility index (Phi) is 5.74. The molecule has 5 N–H and O–H groups in total. The second-order valence-electron chi connectivity index (χ2n) is 5.29. The third-order valence-electron chi connectivity index (χ3n) is 3.78. The normalized spacial score (nSPS) is 39.7. The predicted molar refractivity (Wildman–Crippen MR) is 73.8 cm³/mol. The number of hydrogen-bond acceptors (Lipinski definition) is 8. The summed E-state index contributed by atoms with van der Waals surface area (Å²) in [4.78, 5) is 11.0. The van der Waals surface area contributed by atoms with E-state index in [2.05, 4.69) is 0 Å². The van der Waals surface area contributed by atoms with E-state index in [1.807, 2.05) is 0 Å². The van der Waals surface area contributed by atoms with Gasteiger partial charge in [-0.1, -0.05) is 6.08 Å². The van der Waals surface area contributed by atoms with Crippen molar-refractivity contribution in [1.82, 2.24) is 0 Å². The summed E-state index contributed by atoms with van der Waals surface area (Å²) in [5.41, 5.74) is 0.550. The minimum Gasteiger partial charge on any atom is -0.478 e. The first kappa shape index (κ1) is 17.9. The Morgan fingerprint density at radius 1 is 1.35 bits per heavy atom. The molecular formula is C14H20O9. The Balaban J connectivity index is 2.10. The van der Waals surface area contributed by atoms with Crippen molar-refractivity contribution in [3.63, 3.8) is 0 Å². The largest absolute Gasteiger partial charge is 0.478 e. The Hall–Kier alpha value is -1.49. The summed E-state index contributed by atoms with van der Waals surface area (Å²) < 4.78 is 15.9. The van der Waals surface area contributed by atoms with Crippen molar-refractivity contribution in [1.29, 1.82) is 0 Å².